The van der Waals surface area contributed by atoms with E-state index in [9.17, 15) is 15.0 Å². The molecule has 122 valence electrons. The number of thiophene rings is 1. The molecule has 1 heterocycles. The second-order valence-corrected chi connectivity index (χ2v) is 7.05. The number of phenols is 2. The molecule has 3 rings (SSSR count). The zero-order valence-electron chi connectivity index (χ0n) is 13.1. The van der Waals surface area contributed by atoms with Crippen LogP contribution in [0.5, 0.6) is 11.5 Å². The predicted molar refractivity (Wildman–Crippen MR) is 97.4 cm³/mol. The first-order valence-electron chi connectivity index (χ1n) is 7.31. The largest absolute Gasteiger partial charge is 0.507 e. The number of aryl methyl sites for hydroxylation is 2. The Kier molecular flexibility index (Phi) is 4.35. The van der Waals surface area contributed by atoms with Gasteiger partial charge < -0.3 is 10.2 Å². The fourth-order valence-electron chi connectivity index (χ4n) is 2.54. The van der Waals surface area contributed by atoms with Crippen molar-refractivity contribution in [1.29, 1.82) is 0 Å². The first-order chi connectivity index (χ1) is 11.4. The lowest BCUT2D eigenvalue weighted by atomic mass is 10.0. The van der Waals surface area contributed by atoms with E-state index in [1.165, 1.54) is 17.4 Å². The van der Waals surface area contributed by atoms with Gasteiger partial charge in [0.2, 0.25) is 5.78 Å². The second kappa shape index (κ2) is 6.30. The number of ketones is 1. The lowest BCUT2D eigenvalue weighted by Crippen LogP contribution is -1.99. The third-order valence-corrected chi connectivity index (χ3v) is 5.36. The van der Waals surface area contributed by atoms with Crippen LogP contribution in [-0.4, -0.2) is 16.0 Å². The highest BCUT2D eigenvalue weighted by Crippen LogP contribution is 2.35. The molecule has 3 nitrogen and oxygen atoms in total. The van der Waals surface area contributed by atoms with Crippen LogP contribution in [0.25, 0.3) is 10.4 Å². The molecular weight excluding hydrogens is 344 g/mol. The Morgan fingerprint density at radius 1 is 1.04 bits per heavy atom. The maximum Gasteiger partial charge on any atom is 0.204 e. The molecule has 5 heteroatoms. The van der Waals surface area contributed by atoms with Crippen LogP contribution in [0.3, 0.4) is 0 Å². The minimum absolute atomic E-state index is 0.0637. The fraction of sp³-hybridized carbons (Fsp3) is 0.105. The molecule has 0 saturated heterocycles. The topological polar surface area (TPSA) is 57.5 Å². The summed E-state index contributed by atoms with van der Waals surface area (Å²) in [4.78, 5) is 14.1. The van der Waals surface area contributed by atoms with Crippen molar-refractivity contribution in [3.63, 3.8) is 0 Å². The molecule has 2 aromatic carbocycles. The number of benzene rings is 2. The van der Waals surface area contributed by atoms with E-state index >= 15 is 0 Å². The molecule has 2 N–H and O–H groups in total. The second-order valence-electron chi connectivity index (χ2n) is 5.59. The normalized spacial score (nSPS) is 10.8. The van der Waals surface area contributed by atoms with E-state index in [-0.39, 0.29) is 27.9 Å². The highest BCUT2D eigenvalue weighted by molar-refractivity contribution is 7.17. The number of aromatic hydroxyl groups is 2. The lowest BCUT2D eigenvalue weighted by Gasteiger charge is -2.06. The average Bonchev–Trinajstić information content (AvgIpc) is 3.04. The van der Waals surface area contributed by atoms with E-state index < -0.39 is 0 Å². The highest BCUT2D eigenvalue weighted by Gasteiger charge is 2.18. The maximum atomic E-state index is 12.6. The quantitative estimate of drug-likeness (QED) is 0.622. The van der Waals surface area contributed by atoms with Gasteiger partial charge in [-0.25, -0.2) is 0 Å². The SMILES string of the molecule is Cc1cc(-c2ccc(C(=O)c3cccc(O)c3Cl)s2)cc(C)c1O. The molecule has 3 aromatic rings. The van der Waals surface area contributed by atoms with E-state index in [0.29, 0.717) is 4.88 Å². The van der Waals surface area contributed by atoms with Gasteiger partial charge >= 0.3 is 0 Å². The summed E-state index contributed by atoms with van der Waals surface area (Å²) in [5.74, 6) is -0.0402. The van der Waals surface area contributed by atoms with Crippen LogP contribution < -0.4 is 0 Å². The van der Waals surface area contributed by atoms with Crippen LogP contribution >= 0.6 is 22.9 Å². The molecule has 0 radical (unpaired) electrons. The van der Waals surface area contributed by atoms with Gasteiger partial charge in [0, 0.05) is 10.4 Å². The summed E-state index contributed by atoms with van der Waals surface area (Å²) >= 11 is 7.38. The van der Waals surface area contributed by atoms with E-state index in [0.717, 1.165) is 21.6 Å². The zero-order valence-corrected chi connectivity index (χ0v) is 14.7. The Morgan fingerprint density at radius 2 is 1.71 bits per heavy atom. The molecule has 0 aliphatic heterocycles. The first-order valence-corrected chi connectivity index (χ1v) is 8.50. The fourth-order valence-corrected chi connectivity index (χ4v) is 3.70. The maximum absolute atomic E-state index is 12.6. The minimum Gasteiger partial charge on any atom is -0.507 e. The van der Waals surface area contributed by atoms with Gasteiger partial charge in [-0.15, -0.1) is 11.3 Å². The number of hydrogen-bond acceptors (Lipinski definition) is 4. The minimum atomic E-state index is -0.223. The van der Waals surface area contributed by atoms with Crippen molar-refractivity contribution in [2.75, 3.05) is 0 Å². The van der Waals surface area contributed by atoms with Crippen LogP contribution in [0.1, 0.15) is 26.4 Å². The van der Waals surface area contributed by atoms with Crippen LogP contribution in [0.2, 0.25) is 5.02 Å². The van der Waals surface area contributed by atoms with Crippen molar-refractivity contribution >= 4 is 28.7 Å². The number of carbonyl (C=O) groups excluding carboxylic acids is 1. The Hall–Kier alpha value is -2.30. The smallest absolute Gasteiger partial charge is 0.204 e. The van der Waals surface area contributed by atoms with Crippen molar-refractivity contribution in [3.05, 3.63) is 69.1 Å². The summed E-state index contributed by atoms with van der Waals surface area (Å²) in [6, 6.07) is 12.0. The third-order valence-electron chi connectivity index (χ3n) is 3.83. The van der Waals surface area contributed by atoms with Gasteiger partial charge in [0.15, 0.2) is 0 Å². The molecular formula is C19H15ClO3S. The summed E-state index contributed by atoms with van der Waals surface area (Å²) in [6.07, 6.45) is 0. The Balaban J connectivity index is 1.99. The lowest BCUT2D eigenvalue weighted by molar-refractivity contribution is 0.104. The van der Waals surface area contributed by atoms with Gasteiger partial charge in [0.05, 0.1) is 9.90 Å². The van der Waals surface area contributed by atoms with Crippen LogP contribution in [-0.2, 0) is 0 Å². The summed E-state index contributed by atoms with van der Waals surface area (Å²) in [5, 5.41) is 19.6. The molecule has 0 bridgehead atoms. The number of phenolic OH excluding ortho intramolecular Hbond substituents is 2. The number of hydrogen-bond donors (Lipinski definition) is 2. The Bertz CT molecular complexity index is 921. The molecule has 0 aliphatic carbocycles. The van der Waals surface area contributed by atoms with Crippen molar-refractivity contribution in [2.24, 2.45) is 0 Å². The number of rotatable bonds is 3. The van der Waals surface area contributed by atoms with Gasteiger partial charge in [-0.1, -0.05) is 17.7 Å². The summed E-state index contributed by atoms with van der Waals surface area (Å²) < 4.78 is 0. The third kappa shape index (κ3) is 2.90. The van der Waals surface area contributed by atoms with Crippen molar-refractivity contribution < 1.29 is 15.0 Å². The highest BCUT2D eigenvalue weighted by atomic mass is 35.5. The van der Waals surface area contributed by atoms with Crippen molar-refractivity contribution in [1.82, 2.24) is 0 Å². The monoisotopic (exact) mass is 358 g/mol. The first kappa shape index (κ1) is 16.6. The molecule has 0 spiro atoms. The molecule has 1 aromatic heterocycles. The number of halogens is 1. The van der Waals surface area contributed by atoms with E-state index in [1.807, 2.05) is 32.0 Å². The Morgan fingerprint density at radius 3 is 2.38 bits per heavy atom. The summed E-state index contributed by atoms with van der Waals surface area (Å²) in [7, 11) is 0. The summed E-state index contributed by atoms with van der Waals surface area (Å²) in [5.41, 5.74) is 2.82. The molecule has 0 unspecified atom stereocenters. The van der Waals surface area contributed by atoms with Gasteiger partial charge in [0.1, 0.15) is 11.5 Å². The summed E-state index contributed by atoms with van der Waals surface area (Å²) in [6.45, 7) is 3.69. The molecule has 0 aliphatic rings. The zero-order chi connectivity index (χ0) is 17.4. The van der Waals surface area contributed by atoms with E-state index in [1.54, 1.807) is 18.2 Å². The average molecular weight is 359 g/mol. The molecule has 0 amide bonds. The Labute approximate surface area is 148 Å². The molecule has 0 atom stereocenters. The van der Waals surface area contributed by atoms with E-state index in [4.69, 9.17) is 11.6 Å². The standard InChI is InChI=1S/C19H15ClO3S/c1-10-8-12(9-11(2)18(10)22)15-6-7-16(24-15)19(23)13-4-3-5-14(21)17(13)20/h3-9,21-22H,1-2H3. The van der Waals surface area contributed by atoms with Crippen molar-refractivity contribution in [3.8, 4) is 21.9 Å². The number of carbonyl (C=O) groups is 1. The van der Waals surface area contributed by atoms with Gasteiger partial charge in [0.25, 0.3) is 0 Å². The van der Waals surface area contributed by atoms with E-state index in [2.05, 4.69) is 0 Å². The van der Waals surface area contributed by atoms with Crippen LogP contribution in [0.4, 0.5) is 0 Å². The molecule has 0 fully saturated rings. The predicted octanol–water partition coefficient (Wildman–Crippen LogP) is 5.33. The van der Waals surface area contributed by atoms with Gasteiger partial charge in [-0.3, -0.25) is 4.79 Å². The van der Waals surface area contributed by atoms with Crippen LogP contribution in [0, 0.1) is 13.8 Å². The van der Waals surface area contributed by atoms with Gasteiger partial charge in [-0.2, -0.15) is 0 Å². The molecule has 0 saturated carbocycles. The van der Waals surface area contributed by atoms with Crippen molar-refractivity contribution in [2.45, 2.75) is 13.8 Å². The molecule has 24 heavy (non-hydrogen) atoms. The van der Waals surface area contributed by atoms with Gasteiger partial charge in [-0.05, 0) is 66.9 Å². The van der Waals surface area contributed by atoms with Crippen LogP contribution in [0.15, 0.2) is 42.5 Å².